The van der Waals surface area contributed by atoms with Crippen LogP contribution in [0, 0.1) is 12.7 Å². The van der Waals surface area contributed by atoms with Crippen LogP contribution < -0.4 is 10.6 Å². The van der Waals surface area contributed by atoms with Crippen molar-refractivity contribution in [2.24, 2.45) is 0 Å². The Balaban J connectivity index is 1.88. The van der Waals surface area contributed by atoms with E-state index in [0.717, 1.165) is 17.2 Å². The van der Waals surface area contributed by atoms with Crippen molar-refractivity contribution in [1.29, 1.82) is 0 Å². The molecule has 1 aromatic heterocycles. The van der Waals surface area contributed by atoms with Crippen molar-refractivity contribution in [2.75, 3.05) is 6.54 Å². The average molecular weight is 474 g/mol. The normalized spacial score (nSPS) is 13.4. The van der Waals surface area contributed by atoms with Crippen LogP contribution in [0.5, 0.6) is 0 Å². The lowest BCUT2D eigenvalue weighted by Crippen LogP contribution is -2.39. The Morgan fingerprint density at radius 2 is 1.76 bits per heavy atom. The number of nitrogens with one attached hydrogen (secondary N) is 2. The minimum Gasteiger partial charge on any atom is -0.355 e. The number of likely N-dealkylation sites (N-methyl/N-ethyl adjacent to an activating group) is 1. The molecular formula is C26H27F4N3O. The van der Waals surface area contributed by atoms with Gasteiger partial charge in [0.15, 0.2) is 0 Å². The van der Waals surface area contributed by atoms with E-state index in [4.69, 9.17) is 0 Å². The topological polar surface area (TPSA) is 54.0 Å². The zero-order valence-electron chi connectivity index (χ0n) is 19.0. The summed E-state index contributed by atoms with van der Waals surface area (Å²) >= 11 is 0. The molecule has 0 aliphatic rings. The zero-order valence-corrected chi connectivity index (χ0v) is 19.0. The molecule has 0 saturated heterocycles. The van der Waals surface area contributed by atoms with E-state index in [0.29, 0.717) is 30.5 Å². The lowest BCUT2D eigenvalue weighted by atomic mass is 9.95. The second-order valence-electron chi connectivity index (χ2n) is 8.05. The molecule has 2 aromatic carbocycles. The summed E-state index contributed by atoms with van der Waals surface area (Å²) in [5.74, 6) is -0.536. The number of rotatable bonds is 9. The molecule has 1 heterocycles. The highest BCUT2D eigenvalue weighted by Gasteiger charge is 2.32. The standard InChI is InChI=1S/C26H27F4N3O/c1-3-31-25(34)24(19-7-5-4-6-8-19)33-22(20-11-12-21(27)17(2)15-20)13-9-18-10-14-23(32-16-18)26(28,29)30/h4-8,10-12,14-16,22,24,33H,3,9,13H2,1-2H3,(H,31,34)/t22-,24-/m1/s1. The lowest BCUT2D eigenvalue weighted by Gasteiger charge is -2.26. The Kier molecular flexibility index (Phi) is 8.39. The quantitative estimate of drug-likeness (QED) is 0.393. The maximum Gasteiger partial charge on any atom is 0.433 e. The molecule has 1 amide bonds. The van der Waals surface area contributed by atoms with Gasteiger partial charge in [-0.05, 0) is 61.1 Å². The summed E-state index contributed by atoms with van der Waals surface area (Å²) in [6.07, 6.45) is -2.41. The molecule has 0 fully saturated rings. The van der Waals surface area contributed by atoms with E-state index in [1.165, 1.54) is 18.3 Å². The van der Waals surface area contributed by atoms with Gasteiger partial charge in [0.2, 0.25) is 5.91 Å². The van der Waals surface area contributed by atoms with Crippen LogP contribution in [0.3, 0.4) is 0 Å². The van der Waals surface area contributed by atoms with E-state index >= 15 is 0 Å². The van der Waals surface area contributed by atoms with Gasteiger partial charge in [0.05, 0.1) is 0 Å². The van der Waals surface area contributed by atoms with Crippen molar-refractivity contribution >= 4 is 5.91 Å². The van der Waals surface area contributed by atoms with Crippen molar-refractivity contribution in [2.45, 2.75) is 44.9 Å². The van der Waals surface area contributed by atoms with Crippen LogP contribution in [0.4, 0.5) is 17.6 Å². The first kappa shape index (κ1) is 25.4. The Bertz CT molecular complexity index is 1090. The first-order valence-corrected chi connectivity index (χ1v) is 11.1. The first-order chi connectivity index (χ1) is 16.2. The SMILES string of the molecule is CCNC(=O)[C@H](N[C@H](CCc1ccc(C(F)(F)F)nc1)c1ccc(F)c(C)c1)c1ccccc1. The zero-order chi connectivity index (χ0) is 24.7. The number of hydrogen-bond donors (Lipinski definition) is 2. The molecule has 180 valence electrons. The summed E-state index contributed by atoms with van der Waals surface area (Å²) < 4.78 is 52.4. The van der Waals surface area contributed by atoms with Gasteiger partial charge in [0.1, 0.15) is 17.6 Å². The summed E-state index contributed by atoms with van der Waals surface area (Å²) in [4.78, 5) is 16.4. The van der Waals surface area contributed by atoms with Crippen LogP contribution in [0.2, 0.25) is 0 Å². The second-order valence-corrected chi connectivity index (χ2v) is 8.05. The van der Waals surface area contributed by atoms with Gasteiger partial charge in [-0.25, -0.2) is 4.39 Å². The van der Waals surface area contributed by atoms with Gasteiger partial charge < -0.3 is 5.32 Å². The van der Waals surface area contributed by atoms with Gasteiger partial charge in [-0.1, -0.05) is 48.5 Å². The van der Waals surface area contributed by atoms with Crippen molar-refractivity contribution < 1.29 is 22.4 Å². The number of aromatic nitrogens is 1. The van der Waals surface area contributed by atoms with Crippen LogP contribution >= 0.6 is 0 Å². The monoisotopic (exact) mass is 473 g/mol. The van der Waals surface area contributed by atoms with E-state index in [9.17, 15) is 22.4 Å². The van der Waals surface area contributed by atoms with Gasteiger partial charge in [-0.15, -0.1) is 0 Å². The molecule has 4 nitrogen and oxygen atoms in total. The number of carbonyl (C=O) groups excluding carboxylic acids is 1. The summed E-state index contributed by atoms with van der Waals surface area (Å²) in [7, 11) is 0. The lowest BCUT2D eigenvalue weighted by molar-refractivity contribution is -0.141. The summed E-state index contributed by atoms with van der Waals surface area (Å²) in [5.41, 5.74) is 1.71. The molecule has 2 atom stereocenters. The second kappa shape index (κ2) is 11.2. The summed E-state index contributed by atoms with van der Waals surface area (Å²) in [6.45, 7) is 3.95. The Hall–Kier alpha value is -3.26. The van der Waals surface area contributed by atoms with Gasteiger partial charge in [-0.2, -0.15) is 13.2 Å². The van der Waals surface area contributed by atoms with E-state index in [1.807, 2.05) is 37.3 Å². The van der Waals surface area contributed by atoms with Crippen LogP contribution in [0.25, 0.3) is 0 Å². The van der Waals surface area contributed by atoms with E-state index in [2.05, 4.69) is 15.6 Å². The molecule has 3 aromatic rings. The molecule has 0 saturated carbocycles. The van der Waals surface area contributed by atoms with Crippen molar-refractivity contribution in [3.63, 3.8) is 0 Å². The number of aryl methyl sites for hydroxylation is 2. The molecular weight excluding hydrogens is 446 g/mol. The van der Waals surface area contributed by atoms with Gasteiger partial charge in [0, 0.05) is 18.8 Å². The Morgan fingerprint density at radius 1 is 1.03 bits per heavy atom. The molecule has 0 radical (unpaired) electrons. The largest absolute Gasteiger partial charge is 0.433 e. The molecule has 0 unspecified atom stereocenters. The van der Waals surface area contributed by atoms with E-state index in [-0.39, 0.29) is 17.8 Å². The minimum absolute atomic E-state index is 0.200. The maximum atomic E-state index is 13.9. The van der Waals surface area contributed by atoms with Gasteiger partial charge >= 0.3 is 6.18 Å². The fourth-order valence-corrected chi connectivity index (χ4v) is 3.73. The van der Waals surface area contributed by atoms with Crippen molar-refractivity contribution in [3.8, 4) is 0 Å². The third-order valence-corrected chi connectivity index (χ3v) is 5.54. The van der Waals surface area contributed by atoms with Crippen LogP contribution in [-0.2, 0) is 17.4 Å². The number of benzene rings is 2. The van der Waals surface area contributed by atoms with Crippen molar-refractivity contribution in [1.82, 2.24) is 15.6 Å². The van der Waals surface area contributed by atoms with Crippen molar-refractivity contribution in [3.05, 3.63) is 101 Å². The van der Waals surface area contributed by atoms with Crippen LogP contribution in [0.1, 0.15) is 53.4 Å². The highest BCUT2D eigenvalue weighted by atomic mass is 19.4. The third kappa shape index (κ3) is 6.63. The highest BCUT2D eigenvalue weighted by molar-refractivity contribution is 5.83. The number of halogens is 4. The predicted octanol–water partition coefficient (Wildman–Crippen LogP) is 5.69. The molecule has 34 heavy (non-hydrogen) atoms. The fourth-order valence-electron chi connectivity index (χ4n) is 3.73. The van der Waals surface area contributed by atoms with Gasteiger partial charge in [0.25, 0.3) is 0 Å². The molecule has 0 aliphatic carbocycles. The molecule has 3 rings (SSSR count). The number of amides is 1. The fraction of sp³-hybridized carbons (Fsp3) is 0.308. The number of hydrogen-bond acceptors (Lipinski definition) is 3. The molecule has 2 N–H and O–H groups in total. The molecule has 0 aliphatic heterocycles. The number of pyridine rings is 1. The van der Waals surface area contributed by atoms with Crippen LogP contribution in [0.15, 0.2) is 66.9 Å². The number of alkyl halides is 3. The molecule has 0 spiro atoms. The average Bonchev–Trinajstić information content (AvgIpc) is 2.81. The van der Waals surface area contributed by atoms with Gasteiger partial charge in [-0.3, -0.25) is 15.1 Å². The van der Waals surface area contributed by atoms with Crippen LogP contribution in [-0.4, -0.2) is 17.4 Å². The highest BCUT2D eigenvalue weighted by Crippen LogP contribution is 2.29. The molecule has 0 bridgehead atoms. The summed E-state index contributed by atoms with van der Waals surface area (Å²) in [6, 6.07) is 15.3. The number of carbonyl (C=O) groups is 1. The Labute approximate surface area is 196 Å². The van der Waals surface area contributed by atoms with E-state index < -0.39 is 17.9 Å². The first-order valence-electron chi connectivity index (χ1n) is 11.1. The molecule has 8 heteroatoms. The summed E-state index contributed by atoms with van der Waals surface area (Å²) in [5, 5.41) is 6.23. The smallest absolute Gasteiger partial charge is 0.355 e. The van der Waals surface area contributed by atoms with E-state index in [1.54, 1.807) is 19.1 Å². The minimum atomic E-state index is -4.50. The predicted molar refractivity (Wildman–Crippen MR) is 122 cm³/mol. The number of nitrogens with zero attached hydrogens (tertiary/aromatic N) is 1. The third-order valence-electron chi connectivity index (χ3n) is 5.54. The Morgan fingerprint density at radius 3 is 2.35 bits per heavy atom. The maximum absolute atomic E-state index is 13.9.